The van der Waals surface area contributed by atoms with E-state index in [1.54, 1.807) is 18.2 Å². The van der Waals surface area contributed by atoms with Crippen molar-refractivity contribution in [1.29, 1.82) is 0 Å². The van der Waals surface area contributed by atoms with Gasteiger partial charge in [0.15, 0.2) is 5.13 Å². The average Bonchev–Trinajstić information content (AvgIpc) is 3.37. The molecule has 1 unspecified atom stereocenters. The number of pyridine rings is 1. The lowest BCUT2D eigenvalue weighted by Gasteiger charge is -2.22. The molecule has 1 aliphatic heterocycles. The number of carbonyl (C=O) groups is 2. The summed E-state index contributed by atoms with van der Waals surface area (Å²) in [6.45, 7) is 0. The zero-order valence-electron chi connectivity index (χ0n) is 17.1. The van der Waals surface area contributed by atoms with Crippen LogP contribution >= 0.6 is 22.9 Å². The number of carbonyl (C=O) groups excluding carboxylic acids is 2. The smallest absolute Gasteiger partial charge is 0.301 e. The Kier molecular flexibility index (Phi) is 5.31. The van der Waals surface area contributed by atoms with E-state index in [4.69, 9.17) is 11.6 Å². The molecule has 0 saturated carbocycles. The van der Waals surface area contributed by atoms with Crippen molar-refractivity contribution < 1.29 is 19.6 Å². The monoisotopic (exact) mass is 492 g/mol. The summed E-state index contributed by atoms with van der Waals surface area (Å²) in [6, 6.07) is 12.5. The summed E-state index contributed by atoms with van der Waals surface area (Å²) in [5.41, 5.74) is 0.989. The van der Waals surface area contributed by atoms with Crippen molar-refractivity contribution >= 4 is 61.4 Å². The minimum atomic E-state index is -1.05. The third-order valence-electron chi connectivity index (χ3n) is 5.36. The van der Waals surface area contributed by atoms with Crippen LogP contribution in [0.4, 0.5) is 10.8 Å². The Balaban J connectivity index is 1.72. The van der Waals surface area contributed by atoms with E-state index >= 15 is 0 Å². The van der Waals surface area contributed by atoms with Crippen molar-refractivity contribution in [3.63, 3.8) is 0 Å². The first kappa shape index (κ1) is 21.7. The third kappa shape index (κ3) is 3.58. The molecule has 0 radical (unpaired) electrons. The summed E-state index contributed by atoms with van der Waals surface area (Å²) in [5, 5.41) is 22.9. The third-order valence-corrected chi connectivity index (χ3v) is 6.62. The van der Waals surface area contributed by atoms with Crippen LogP contribution in [0.2, 0.25) is 5.02 Å². The molecule has 34 heavy (non-hydrogen) atoms. The first-order valence-electron chi connectivity index (χ1n) is 9.87. The van der Waals surface area contributed by atoms with Crippen LogP contribution in [0.3, 0.4) is 0 Å². The van der Waals surface area contributed by atoms with Gasteiger partial charge in [0.25, 0.3) is 11.5 Å². The van der Waals surface area contributed by atoms with Gasteiger partial charge >= 0.3 is 5.91 Å². The molecule has 1 atom stereocenters. The van der Waals surface area contributed by atoms with E-state index in [1.165, 1.54) is 65.0 Å². The first-order chi connectivity index (χ1) is 16.3. The number of rotatable bonds is 4. The zero-order valence-corrected chi connectivity index (χ0v) is 18.7. The standard InChI is InChI=1S/C23H13ClN4O5S/c24-14-3-6-16-17(11-14)34-23(26-16)27-19(12-1-4-15(5-2-12)28(32)33)18(21(30)22(27)31)20(29)13-7-9-25-10-8-13/h1-11,19,29H. The van der Waals surface area contributed by atoms with Crippen LogP contribution in [0.25, 0.3) is 16.0 Å². The molecular weight excluding hydrogens is 480 g/mol. The highest BCUT2D eigenvalue weighted by atomic mass is 35.5. The van der Waals surface area contributed by atoms with Gasteiger partial charge in [-0.25, -0.2) is 4.98 Å². The van der Waals surface area contributed by atoms with Crippen LogP contribution in [-0.2, 0) is 9.59 Å². The first-order valence-corrected chi connectivity index (χ1v) is 11.1. The molecule has 3 heterocycles. The van der Waals surface area contributed by atoms with Gasteiger partial charge in [0.1, 0.15) is 5.76 Å². The lowest BCUT2D eigenvalue weighted by Crippen LogP contribution is -2.29. The van der Waals surface area contributed by atoms with Gasteiger partial charge in [-0.15, -0.1) is 0 Å². The predicted octanol–water partition coefficient (Wildman–Crippen LogP) is 4.88. The lowest BCUT2D eigenvalue weighted by molar-refractivity contribution is -0.384. The van der Waals surface area contributed by atoms with Gasteiger partial charge in [-0.2, -0.15) is 0 Å². The quantitative estimate of drug-likeness (QED) is 0.141. The highest BCUT2D eigenvalue weighted by molar-refractivity contribution is 7.22. The van der Waals surface area contributed by atoms with Crippen molar-refractivity contribution in [2.75, 3.05) is 4.90 Å². The number of Topliss-reactive ketones (excluding diaryl/α,β-unsaturated/α-hetero) is 1. The zero-order chi connectivity index (χ0) is 24.0. The molecule has 2 aromatic carbocycles. The van der Waals surface area contributed by atoms with Crippen molar-refractivity contribution in [3.05, 3.63) is 98.8 Å². The number of aliphatic hydroxyl groups is 1. The van der Waals surface area contributed by atoms with Gasteiger partial charge in [0.05, 0.1) is 26.8 Å². The van der Waals surface area contributed by atoms with Gasteiger partial charge in [-0.1, -0.05) is 22.9 Å². The molecule has 1 saturated heterocycles. The van der Waals surface area contributed by atoms with Crippen molar-refractivity contribution in [3.8, 4) is 0 Å². The van der Waals surface area contributed by atoms with E-state index in [9.17, 15) is 24.8 Å². The number of ketones is 1. The van der Waals surface area contributed by atoms with Crippen LogP contribution in [-0.4, -0.2) is 31.7 Å². The Labute approximate surface area is 200 Å². The Morgan fingerprint density at radius 3 is 2.47 bits per heavy atom. The Bertz CT molecular complexity index is 1500. The number of amides is 1. The van der Waals surface area contributed by atoms with E-state index in [0.29, 0.717) is 26.4 Å². The van der Waals surface area contributed by atoms with E-state index in [-0.39, 0.29) is 22.2 Å². The van der Waals surface area contributed by atoms with Crippen LogP contribution in [0.1, 0.15) is 17.2 Å². The number of nitrogens with zero attached hydrogens (tertiary/aromatic N) is 4. The Hall–Kier alpha value is -4.15. The fraction of sp³-hybridized carbons (Fsp3) is 0.0435. The maximum atomic E-state index is 13.2. The van der Waals surface area contributed by atoms with Crippen molar-refractivity contribution in [2.45, 2.75) is 6.04 Å². The molecule has 1 N–H and O–H groups in total. The van der Waals surface area contributed by atoms with E-state index in [0.717, 1.165) is 0 Å². The van der Waals surface area contributed by atoms with Crippen LogP contribution < -0.4 is 4.90 Å². The summed E-state index contributed by atoms with van der Waals surface area (Å²) in [4.78, 5) is 46.5. The fourth-order valence-corrected chi connectivity index (χ4v) is 5.05. The molecule has 2 aromatic heterocycles. The number of non-ortho nitro benzene ring substituents is 1. The highest BCUT2D eigenvalue weighted by Gasteiger charge is 2.48. The lowest BCUT2D eigenvalue weighted by atomic mass is 9.95. The normalized spacial score (nSPS) is 17.4. The summed E-state index contributed by atoms with van der Waals surface area (Å²) >= 11 is 7.25. The molecule has 11 heteroatoms. The van der Waals surface area contributed by atoms with Gasteiger partial charge < -0.3 is 5.11 Å². The largest absolute Gasteiger partial charge is 0.507 e. The highest BCUT2D eigenvalue weighted by Crippen LogP contribution is 2.44. The number of halogens is 1. The van der Waals surface area contributed by atoms with Gasteiger partial charge in [0, 0.05) is 35.1 Å². The minimum absolute atomic E-state index is 0.149. The number of benzene rings is 2. The summed E-state index contributed by atoms with van der Waals surface area (Å²) in [5.74, 6) is -2.14. The Morgan fingerprint density at radius 2 is 1.79 bits per heavy atom. The average molecular weight is 493 g/mol. The SMILES string of the molecule is O=C1C(=O)N(c2nc3ccc(Cl)cc3s2)C(c2ccc([N+](=O)[O-])cc2)C1=C(O)c1ccncc1. The number of thiazole rings is 1. The van der Waals surface area contributed by atoms with Crippen molar-refractivity contribution in [1.82, 2.24) is 9.97 Å². The number of aromatic nitrogens is 2. The molecule has 168 valence electrons. The number of aliphatic hydroxyl groups excluding tert-OH is 1. The molecule has 5 rings (SSSR count). The van der Waals surface area contributed by atoms with Gasteiger partial charge in [-0.05, 0) is 48.0 Å². The number of nitro benzene ring substituents is 1. The summed E-state index contributed by atoms with van der Waals surface area (Å²) < 4.78 is 0.709. The molecule has 1 fully saturated rings. The molecule has 0 spiro atoms. The van der Waals surface area contributed by atoms with Crippen LogP contribution in [0.15, 0.2) is 72.6 Å². The number of hydrogen-bond acceptors (Lipinski definition) is 8. The fourth-order valence-electron chi connectivity index (χ4n) is 3.78. The van der Waals surface area contributed by atoms with Crippen LogP contribution in [0.5, 0.6) is 0 Å². The molecule has 0 bridgehead atoms. The molecular formula is C23H13ClN4O5S. The van der Waals surface area contributed by atoms with E-state index < -0.39 is 22.7 Å². The Morgan fingerprint density at radius 1 is 1.09 bits per heavy atom. The van der Waals surface area contributed by atoms with Gasteiger partial charge in [-0.3, -0.25) is 29.6 Å². The summed E-state index contributed by atoms with van der Waals surface area (Å²) in [7, 11) is 0. The number of hydrogen-bond donors (Lipinski definition) is 1. The maximum absolute atomic E-state index is 13.2. The second-order valence-electron chi connectivity index (χ2n) is 7.36. The number of nitro groups is 1. The number of anilines is 1. The van der Waals surface area contributed by atoms with Crippen LogP contribution in [0, 0.1) is 10.1 Å². The molecule has 9 nitrogen and oxygen atoms in total. The van der Waals surface area contributed by atoms with E-state index in [1.807, 2.05) is 0 Å². The molecule has 0 aliphatic carbocycles. The van der Waals surface area contributed by atoms with Gasteiger partial charge in [0.2, 0.25) is 0 Å². The maximum Gasteiger partial charge on any atom is 0.301 e. The molecule has 4 aromatic rings. The minimum Gasteiger partial charge on any atom is -0.507 e. The van der Waals surface area contributed by atoms with Crippen molar-refractivity contribution in [2.24, 2.45) is 0 Å². The second kappa shape index (κ2) is 8.32. The number of fused-ring (bicyclic) bond motifs is 1. The van der Waals surface area contributed by atoms with E-state index in [2.05, 4.69) is 9.97 Å². The topological polar surface area (TPSA) is 127 Å². The predicted molar refractivity (Wildman–Crippen MR) is 127 cm³/mol. The second-order valence-corrected chi connectivity index (χ2v) is 8.81. The molecule has 1 aliphatic rings. The molecule has 1 amide bonds. The summed E-state index contributed by atoms with van der Waals surface area (Å²) in [6.07, 6.45) is 2.90.